The molecular formula is C12H22N4O3. The second-order valence-corrected chi connectivity index (χ2v) is 4.24. The number of rotatable bonds is 11. The van der Waals surface area contributed by atoms with Crippen LogP contribution in [0.25, 0.3) is 0 Å². The van der Waals surface area contributed by atoms with Crippen molar-refractivity contribution in [2.24, 2.45) is 0 Å². The topological polar surface area (TPSA) is 89.3 Å². The summed E-state index contributed by atoms with van der Waals surface area (Å²) in [5.41, 5.74) is -0.0238. The summed E-state index contributed by atoms with van der Waals surface area (Å²) in [6, 6.07) is 0. The number of ether oxygens (including phenoxy) is 1. The van der Waals surface area contributed by atoms with Gasteiger partial charge >= 0.3 is 5.97 Å². The first-order chi connectivity index (χ1) is 9.24. The van der Waals surface area contributed by atoms with Gasteiger partial charge in [-0.2, -0.15) is 0 Å². The molecular weight excluding hydrogens is 248 g/mol. The number of hydrogen-bond acceptors (Lipinski definition) is 5. The maximum atomic E-state index is 10.6. The van der Waals surface area contributed by atoms with Gasteiger partial charge in [0, 0.05) is 19.8 Å². The predicted molar refractivity (Wildman–Crippen MR) is 70.2 cm³/mol. The Bertz CT molecular complexity index is 368. The van der Waals surface area contributed by atoms with Crippen molar-refractivity contribution in [2.45, 2.75) is 32.7 Å². The lowest BCUT2D eigenvalue weighted by atomic mass is 10.3. The Labute approximate surface area is 112 Å². The van der Waals surface area contributed by atoms with Gasteiger partial charge in [-0.15, -0.1) is 5.10 Å². The summed E-state index contributed by atoms with van der Waals surface area (Å²) in [7, 11) is 0. The summed E-state index contributed by atoms with van der Waals surface area (Å²) in [5, 5.41) is 19.2. The van der Waals surface area contributed by atoms with Gasteiger partial charge in [-0.3, -0.25) is 4.68 Å². The molecule has 0 spiro atoms. The molecule has 0 saturated carbocycles. The van der Waals surface area contributed by atoms with Crippen molar-refractivity contribution in [2.75, 3.05) is 26.3 Å². The highest BCUT2D eigenvalue weighted by molar-refractivity contribution is 5.84. The van der Waals surface area contributed by atoms with Crippen LogP contribution in [0.5, 0.6) is 0 Å². The first kappa shape index (κ1) is 15.6. The average molecular weight is 270 g/mol. The lowest BCUT2D eigenvalue weighted by molar-refractivity contribution is 0.0690. The summed E-state index contributed by atoms with van der Waals surface area (Å²) >= 11 is 0. The van der Waals surface area contributed by atoms with E-state index in [2.05, 4.69) is 22.6 Å². The molecule has 7 heteroatoms. The molecule has 0 aromatic carbocycles. The molecule has 0 unspecified atom stereocenters. The Morgan fingerprint density at radius 1 is 1.42 bits per heavy atom. The van der Waals surface area contributed by atoms with Crippen molar-refractivity contribution in [3.05, 3.63) is 11.9 Å². The normalized spacial score (nSPS) is 10.8. The highest BCUT2D eigenvalue weighted by Gasteiger charge is 2.07. The van der Waals surface area contributed by atoms with Gasteiger partial charge in [-0.05, 0) is 19.4 Å². The third-order valence-electron chi connectivity index (χ3n) is 2.56. The largest absolute Gasteiger partial charge is 0.476 e. The Morgan fingerprint density at radius 2 is 2.21 bits per heavy atom. The van der Waals surface area contributed by atoms with Crippen LogP contribution in [0.1, 0.15) is 36.7 Å². The summed E-state index contributed by atoms with van der Waals surface area (Å²) in [6.45, 7) is 5.98. The van der Waals surface area contributed by atoms with Gasteiger partial charge in [-0.1, -0.05) is 18.6 Å². The van der Waals surface area contributed by atoms with Crippen LogP contribution in [0.2, 0.25) is 0 Å². The van der Waals surface area contributed by atoms with Gasteiger partial charge in [-0.25, -0.2) is 4.79 Å². The van der Waals surface area contributed by atoms with E-state index in [0.29, 0.717) is 6.54 Å². The molecule has 0 saturated heterocycles. The predicted octanol–water partition coefficient (Wildman–Crippen LogP) is 0.773. The first-order valence-corrected chi connectivity index (χ1v) is 6.66. The second kappa shape index (κ2) is 9.46. The van der Waals surface area contributed by atoms with Crippen molar-refractivity contribution >= 4 is 5.97 Å². The smallest absolute Gasteiger partial charge is 0.358 e. The van der Waals surface area contributed by atoms with Gasteiger partial charge in [0.05, 0.1) is 12.7 Å². The summed E-state index contributed by atoms with van der Waals surface area (Å²) < 4.78 is 6.96. The van der Waals surface area contributed by atoms with Gasteiger partial charge < -0.3 is 15.2 Å². The van der Waals surface area contributed by atoms with Crippen LogP contribution in [-0.2, 0) is 11.3 Å². The highest BCUT2D eigenvalue weighted by atomic mass is 16.5. The monoisotopic (exact) mass is 270 g/mol. The number of carbonyl (C=O) groups is 1. The molecule has 108 valence electrons. The van der Waals surface area contributed by atoms with Crippen molar-refractivity contribution in [1.82, 2.24) is 20.3 Å². The van der Waals surface area contributed by atoms with E-state index >= 15 is 0 Å². The van der Waals surface area contributed by atoms with E-state index in [-0.39, 0.29) is 5.69 Å². The lowest BCUT2D eigenvalue weighted by Gasteiger charge is -2.05. The van der Waals surface area contributed by atoms with Crippen molar-refractivity contribution in [1.29, 1.82) is 0 Å². The van der Waals surface area contributed by atoms with Crippen LogP contribution in [0.3, 0.4) is 0 Å². The lowest BCUT2D eigenvalue weighted by Crippen LogP contribution is -2.22. The third kappa shape index (κ3) is 6.88. The molecule has 0 radical (unpaired) electrons. The number of carboxylic acids is 1. The molecule has 0 fully saturated rings. The fraction of sp³-hybridized carbons (Fsp3) is 0.750. The standard InChI is InChI=1S/C12H22N4O3/c1-2-3-8-19-9-4-5-13-6-7-16-10-11(12(17)18)14-15-16/h10,13H,2-9H2,1H3,(H,17,18). The molecule has 1 aromatic heterocycles. The molecule has 0 amide bonds. The van der Waals surface area contributed by atoms with Crippen LogP contribution in [0, 0.1) is 0 Å². The second-order valence-electron chi connectivity index (χ2n) is 4.24. The third-order valence-corrected chi connectivity index (χ3v) is 2.56. The minimum atomic E-state index is -1.05. The SMILES string of the molecule is CCCCOCCCNCCn1cc(C(=O)O)nn1. The Hall–Kier alpha value is -1.47. The molecule has 19 heavy (non-hydrogen) atoms. The van der Waals surface area contributed by atoms with Gasteiger partial charge in [0.2, 0.25) is 0 Å². The maximum Gasteiger partial charge on any atom is 0.358 e. The molecule has 0 aliphatic rings. The molecule has 0 aliphatic heterocycles. The van der Waals surface area contributed by atoms with E-state index in [1.807, 2.05) is 0 Å². The molecule has 0 aliphatic carbocycles. The number of nitrogens with one attached hydrogen (secondary N) is 1. The number of aromatic nitrogens is 3. The molecule has 0 bridgehead atoms. The number of hydrogen-bond donors (Lipinski definition) is 2. The van der Waals surface area contributed by atoms with E-state index in [0.717, 1.165) is 45.6 Å². The van der Waals surface area contributed by atoms with Crippen molar-refractivity contribution in [3.8, 4) is 0 Å². The van der Waals surface area contributed by atoms with Crippen LogP contribution < -0.4 is 5.32 Å². The van der Waals surface area contributed by atoms with Crippen molar-refractivity contribution < 1.29 is 14.6 Å². The molecule has 1 aromatic rings. The van der Waals surface area contributed by atoms with Gasteiger partial charge in [0.15, 0.2) is 5.69 Å². The summed E-state index contributed by atoms with van der Waals surface area (Å²) in [5.74, 6) is -1.05. The molecule has 0 atom stereocenters. The van der Waals surface area contributed by atoms with E-state index in [1.54, 1.807) is 0 Å². The Kier molecular flexibility index (Phi) is 7.76. The highest BCUT2D eigenvalue weighted by Crippen LogP contribution is 1.92. The minimum absolute atomic E-state index is 0.0238. The zero-order valence-corrected chi connectivity index (χ0v) is 11.3. The fourth-order valence-corrected chi connectivity index (χ4v) is 1.47. The quantitative estimate of drug-likeness (QED) is 0.577. The number of carboxylic acid groups (broad SMARTS) is 1. The van der Waals surface area contributed by atoms with Crippen LogP contribution >= 0.6 is 0 Å². The van der Waals surface area contributed by atoms with E-state index in [4.69, 9.17) is 9.84 Å². The Balaban J connectivity index is 1.97. The van der Waals surface area contributed by atoms with Crippen molar-refractivity contribution in [3.63, 3.8) is 0 Å². The zero-order chi connectivity index (χ0) is 13.9. The Morgan fingerprint density at radius 3 is 2.89 bits per heavy atom. The molecule has 2 N–H and O–H groups in total. The summed E-state index contributed by atoms with van der Waals surface area (Å²) in [4.78, 5) is 10.6. The van der Waals surface area contributed by atoms with Crippen LogP contribution in [0.15, 0.2) is 6.20 Å². The van der Waals surface area contributed by atoms with Gasteiger partial charge in [0.25, 0.3) is 0 Å². The molecule has 7 nitrogen and oxygen atoms in total. The minimum Gasteiger partial charge on any atom is -0.476 e. The average Bonchev–Trinajstić information content (AvgIpc) is 2.86. The molecule has 1 rings (SSSR count). The molecule has 1 heterocycles. The van der Waals surface area contributed by atoms with E-state index < -0.39 is 5.97 Å². The first-order valence-electron chi connectivity index (χ1n) is 6.66. The van der Waals surface area contributed by atoms with Gasteiger partial charge in [0.1, 0.15) is 0 Å². The summed E-state index contributed by atoms with van der Waals surface area (Å²) in [6.07, 6.45) is 4.68. The van der Waals surface area contributed by atoms with Crippen LogP contribution in [-0.4, -0.2) is 52.4 Å². The number of unbranched alkanes of at least 4 members (excludes halogenated alkanes) is 1. The zero-order valence-electron chi connectivity index (χ0n) is 11.3. The maximum absolute atomic E-state index is 10.6. The van der Waals surface area contributed by atoms with E-state index in [1.165, 1.54) is 10.9 Å². The van der Waals surface area contributed by atoms with E-state index in [9.17, 15) is 4.79 Å². The number of aromatic carboxylic acids is 1. The fourth-order valence-electron chi connectivity index (χ4n) is 1.47. The van der Waals surface area contributed by atoms with Crippen LogP contribution in [0.4, 0.5) is 0 Å². The number of nitrogens with zero attached hydrogens (tertiary/aromatic N) is 3.